The highest BCUT2D eigenvalue weighted by atomic mass is 32.2. The lowest BCUT2D eigenvalue weighted by Gasteiger charge is -2.26. The monoisotopic (exact) mass is 218 g/mol. The summed E-state index contributed by atoms with van der Waals surface area (Å²) in [6.45, 7) is 3.68. The average Bonchev–Trinajstić information content (AvgIpc) is 2.13. The Balaban J connectivity index is 2.65. The predicted molar refractivity (Wildman–Crippen MR) is 56.8 cm³/mol. The molecule has 0 amide bonds. The van der Waals surface area contributed by atoms with Crippen LogP contribution in [0.5, 0.6) is 0 Å². The first kappa shape index (κ1) is 11.6. The number of hydrogen-bond donors (Lipinski definition) is 0. The van der Waals surface area contributed by atoms with E-state index in [-0.39, 0.29) is 11.4 Å². The normalized spacial score (nSPS) is 28.9. The van der Waals surface area contributed by atoms with Gasteiger partial charge in [-0.15, -0.1) is 0 Å². The molecule has 1 fully saturated rings. The van der Waals surface area contributed by atoms with E-state index >= 15 is 0 Å². The Labute approximate surface area is 86.1 Å². The molecule has 0 aliphatic carbocycles. The van der Waals surface area contributed by atoms with Crippen molar-refractivity contribution in [2.45, 2.75) is 44.5 Å². The zero-order chi connectivity index (χ0) is 10.6. The third-order valence-corrected chi connectivity index (χ3v) is 4.98. The molecular formula is C10H18O3S. The van der Waals surface area contributed by atoms with Gasteiger partial charge in [-0.05, 0) is 26.7 Å². The third kappa shape index (κ3) is 2.74. The smallest absolute Gasteiger partial charge is 0.156 e. The van der Waals surface area contributed by atoms with Crippen LogP contribution < -0.4 is 0 Å². The summed E-state index contributed by atoms with van der Waals surface area (Å²) in [4.78, 5) is 0. The molecule has 0 radical (unpaired) electrons. The highest BCUT2D eigenvalue weighted by Gasteiger charge is 2.33. The second kappa shape index (κ2) is 4.82. The summed E-state index contributed by atoms with van der Waals surface area (Å²) in [7, 11) is -2.91. The molecule has 0 aromatic heterocycles. The molecule has 82 valence electrons. The van der Waals surface area contributed by atoms with Crippen LogP contribution in [0.2, 0.25) is 0 Å². The van der Waals surface area contributed by atoms with Crippen molar-refractivity contribution in [3.8, 4) is 0 Å². The van der Waals surface area contributed by atoms with Gasteiger partial charge < -0.3 is 4.74 Å². The quantitative estimate of drug-likeness (QED) is 0.679. The second-order valence-electron chi connectivity index (χ2n) is 3.71. The standard InChI is InChI=1S/C10H18O3S/c1-3-7-13-9(2)10-6-4-5-8-14(10,11)12/h3,7,9-10H,4-6,8H2,1-2H3/b7-3+. The second-order valence-corrected chi connectivity index (χ2v) is 6.05. The molecule has 1 heterocycles. The first-order valence-electron chi connectivity index (χ1n) is 5.06. The van der Waals surface area contributed by atoms with Crippen LogP contribution in [-0.2, 0) is 14.6 Å². The lowest BCUT2D eigenvalue weighted by molar-refractivity contribution is 0.150. The number of rotatable bonds is 3. The van der Waals surface area contributed by atoms with Gasteiger partial charge in [0.1, 0.15) is 6.10 Å². The van der Waals surface area contributed by atoms with Gasteiger partial charge >= 0.3 is 0 Å². The van der Waals surface area contributed by atoms with E-state index < -0.39 is 9.84 Å². The van der Waals surface area contributed by atoms with E-state index in [1.54, 1.807) is 12.3 Å². The molecule has 0 aromatic carbocycles. The lowest BCUT2D eigenvalue weighted by atomic mass is 10.1. The van der Waals surface area contributed by atoms with Crippen LogP contribution in [0.1, 0.15) is 33.1 Å². The number of ether oxygens (including phenoxy) is 1. The van der Waals surface area contributed by atoms with Crippen LogP contribution >= 0.6 is 0 Å². The van der Waals surface area contributed by atoms with Gasteiger partial charge in [0, 0.05) is 0 Å². The molecule has 2 atom stereocenters. The fraction of sp³-hybridized carbons (Fsp3) is 0.800. The van der Waals surface area contributed by atoms with Crippen molar-refractivity contribution in [3.05, 3.63) is 12.3 Å². The van der Waals surface area contributed by atoms with Crippen molar-refractivity contribution in [1.82, 2.24) is 0 Å². The highest BCUT2D eigenvalue weighted by Crippen LogP contribution is 2.23. The molecule has 2 unspecified atom stereocenters. The van der Waals surface area contributed by atoms with Crippen LogP contribution in [0.15, 0.2) is 12.3 Å². The molecule has 14 heavy (non-hydrogen) atoms. The summed E-state index contributed by atoms with van der Waals surface area (Å²) in [5.41, 5.74) is 0. The first-order valence-corrected chi connectivity index (χ1v) is 6.77. The van der Waals surface area contributed by atoms with Gasteiger partial charge in [0.15, 0.2) is 9.84 Å². The fourth-order valence-corrected chi connectivity index (χ4v) is 3.88. The summed E-state index contributed by atoms with van der Waals surface area (Å²) >= 11 is 0. The summed E-state index contributed by atoms with van der Waals surface area (Å²) in [6, 6.07) is 0. The summed E-state index contributed by atoms with van der Waals surface area (Å²) in [5, 5.41) is -0.313. The molecule has 1 aliphatic heterocycles. The summed E-state index contributed by atoms with van der Waals surface area (Å²) in [5.74, 6) is 0.321. The van der Waals surface area contributed by atoms with Crippen molar-refractivity contribution >= 4 is 9.84 Å². The summed E-state index contributed by atoms with van der Waals surface area (Å²) < 4.78 is 28.7. The topological polar surface area (TPSA) is 43.4 Å². The molecule has 0 aromatic rings. The molecule has 0 N–H and O–H groups in total. The maximum atomic E-state index is 11.7. The Bertz CT molecular complexity index is 292. The van der Waals surface area contributed by atoms with Gasteiger partial charge in [0.25, 0.3) is 0 Å². The molecule has 0 spiro atoms. The van der Waals surface area contributed by atoms with Crippen molar-refractivity contribution < 1.29 is 13.2 Å². The Morgan fingerprint density at radius 1 is 1.43 bits per heavy atom. The predicted octanol–water partition coefficient (Wildman–Crippen LogP) is 1.89. The van der Waals surface area contributed by atoms with E-state index in [1.807, 2.05) is 13.8 Å². The highest BCUT2D eigenvalue weighted by molar-refractivity contribution is 7.92. The van der Waals surface area contributed by atoms with Crippen LogP contribution in [-0.4, -0.2) is 25.5 Å². The van der Waals surface area contributed by atoms with Gasteiger partial charge in [0.2, 0.25) is 0 Å². The molecule has 0 bridgehead atoms. The van der Waals surface area contributed by atoms with E-state index in [0.717, 1.165) is 19.3 Å². The number of sulfone groups is 1. The van der Waals surface area contributed by atoms with E-state index in [4.69, 9.17) is 4.74 Å². The van der Waals surface area contributed by atoms with Crippen LogP contribution in [0.4, 0.5) is 0 Å². The SMILES string of the molecule is C/C=C/OC(C)C1CCCCS1(=O)=O. The van der Waals surface area contributed by atoms with Crippen molar-refractivity contribution in [2.75, 3.05) is 5.75 Å². The van der Waals surface area contributed by atoms with Crippen LogP contribution in [0.25, 0.3) is 0 Å². The molecule has 4 heteroatoms. The van der Waals surface area contributed by atoms with Gasteiger partial charge in [0.05, 0.1) is 17.3 Å². The van der Waals surface area contributed by atoms with E-state index in [0.29, 0.717) is 5.75 Å². The minimum Gasteiger partial charge on any atom is -0.497 e. The average molecular weight is 218 g/mol. The third-order valence-electron chi connectivity index (χ3n) is 2.58. The first-order chi connectivity index (χ1) is 6.58. The Kier molecular flexibility index (Phi) is 3.98. The van der Waals surface area contributed by atoms with Gasteiger partial charge in [-0.2, -0.15) is 0 Å². The maximum Gasteiger partial charge on any atom is 0.156 e. The van der Waals surface area contributed by atoms with Gasteiger partial charge in [-0.1, -0.05) is 12.5 Å². The number of allylic oxidation sites excluding steroid dienone is 1. The Morgan fingerprint density at radius 3 is 2.71 bits per heavy atom. The molecule has 1 saturated heterocycles. The zero-order valence-electron chi connectivity index (χ0n) is 8.77. The Morgan fingerprint density at radius 2 is 2.14 bits per heavy atom. The minimum absolute atomic E-state index is 0.225. The molecular weight excluding hydrogens is 200 g/mol. The minimum atomic E-state index is -2.91. The van der Waals surface area contributed by atoms with Crippen LogP contribution in [0.3, 0.4) is 0 Å². The van der Waals surface area contributed by atoms with E-state index in [1.165, 1.54) is 0 Å². The molecule has 0 saturated carbocycles. The van der Waals surface area contributed by atoms with Crippen molar-refractivity contribution in [1.29, 1.82) is 0 Å². The molecule has 3 nitrogen and oxygen atoms in total. The largest absolute Gasteiger partial charge is 0.497 e. The van der Waals surface area contributed by atoms with E-state index in [2.05, 4.69) is 0 Å². The Hall–Kier alpha value is -0.510. The zero-order valence-corrected chi connectivity index (χ0v) is 9.59. The van der Waals surface area contributed by atoms with E-state index in [9.17, 15) is 8.42 Å². The molecule has 1 rings (SSSR count). The fourth-order valence-electron chi connectivity index (χ4n) is 1.80. The van der Waals surface area contributed by atoms with Gasteiger partial charge in [-0.25, -0.2) is 8.42 Å². The van der Waals surface area contributed by atoms with Crippen molar-refractivity contribution in [3.63, 3.8) is 0 Å². The maximum absolute atomic E-state index is 11.7. The summed E-state index contributed by atoms with van der Waals surface area (Å²) in [6.07, 6.45) is 5.64. The molecule has 1 aliphatic rings. The lowest BCUT2D eigenvalue weighted by Crippen LogP contribution is -2.37. The number of hydrogen-bond acceptors (Lipinski definition) is 3. The van der Waals surface area contributed by atoms with Crippen LogP contribution in [0, 0.1) is 0 Å². The van der Waals surface area contributed by atoms with Gasteiger partial charge in [-0.3, -0.25) is 0 Å². The van der Waals surface area contributed by atoms with Crippen molar-refractivity contribution in [2.24, 2.45) is 0 Å².